The van der Waals surface area contributed by atoms with E-state index in [9.17, 15) is 23.3 Å². The molecule has 28 heavy (non-hydrogen) atoms. The molecule has 1 N–H and O–H groups in total. The van der Waals surface area contributed by atoms with Gasteiger partial charge in [0.2, 0.25) is 0 Å². The van der Waals surface area contributed by atoms with Gasteiger partial charge in [0.15, 0.2) is 11.5 Å². The van der Waals surface area contributed by atoms with Crippen LogP contribution in [0.1, 0.15) is 25.0 Å². The largest absolute Gasteiger partial charge is 0.493 e. The number of alkyl halides is 3. The van der Waals surface area contributed by atoms with Crippen LogP contribution >= 0.6 is 0 Å². The SMILES string of the molecule is COc1cccc(/C=N\Nc2ccc(C(F)(F)F)cc2[N+](=O)[O-])c1OC(C)C. The molecule has 0 aliphatic carbocycles. The minimum absolute atomic E-state index is 0.146. The average molecular weight is 397 g/mol. The van der Waals surface area contributed by atoms with Crippen molar-refractivity contribution < 1.29 is 27.6 Å². The van der Waals surface area contributed by atoms with E-state index in [4.69, 9.17) is 9.47 Å². The Balaban J connectivity index is 2.32. The highest BCUT2D eigenvalue weighted by molar-refractivity contribution is 5.85. The first-order chi connectivity index (χ1) is 13.1. The third-order valence-corrected chi connectivity index (χ3v) is 3.49. The lowest BCUT2D eigenvalue weighted by Gasteiger charge is -2.15. The van der Waals surface area contributed by atoms with Crippen LogP contribution in [0.3, 0.4) is 0 Å². The number of nitrogens with zero attached hydrogens (tertiary/aromatic N) is 2. The number of ether oxygens (including phenoxy) is 2. The van der Waals surface area contributed by atoms with E-state index in [-0.39, 0.29) is 11.8 Å². The van der Waals surface area contributed by atoms with E-state index in [1.165, 1.54) is 13.3 Å². The molecule has 2 aromatic rings. The quantitative estimate of drug-likeness (QED) is 0.410. The number of para-hydroxylation sites is 1. The van der Waals surface area contributed by atoms with E-state index in [0.29, 0.717) is 23.1 Å². The number of nitrogens with one attached hydrogen (secondary N) is 1. The van der Waals surface area contributed by atoms with Crippen molar-refractivity contribution in [2.75, 3.05) is 12.5 Å². The number of hydrazone groups is 1. The molecule has 0 bridgehead atoms. The monoisotopic (exact) mass is 397 g/mol. The van der Waals surface area contributed by atoms with Crippen molar-refractivity contribution in [2.45, 2.75) is 26.1 Å². The zero-order valence-corrected chi connectivity index (χ0v) is 15.3. The van der Waals surface area contributed by atoms with Crippen LogP contribution in [0.15, 0.2) is 41.5 Å². The molecule has 0 radical (unpaired) electrons. The minimum atomic E-state index is -4.68. The maximum Gasteiger partial charge on any atom is 0.416 e. The Hall–Kier alpha value is -3.30. The van der Waals surface area contributed by atoms with Crippen LogP contribution in [0.4, 0.5) is 24.5 Å². The van der Waals surface area contributed by atoms with Crippen molar-refractivity contribution in [1.29, 1.82) is 0 Å². The van der Waals surface area contributed by atoms with Crippen molar-refractivity contribution in [1.82, 2.24) is 0 Å². The summed E-state index contributed by atoms with van der Waals surface area (Å²) in [6, 6.07) is 7.24. The standard InChI is InChI=1S/C18H18F3N3O4/c1-11(2)28-17-12(5-4-6-16(17)27-3)10-22-23-14-8-7-13(18(19,20)21)9-15(14)24(25)26/h4-11,23H,1-3H3/b22-10-. The van der Waals surface area contributed by atoms with E-state index in [2.05, 4.69) is 10.5 Å². The number of rotatable bonds is 7. The molecule has 150 valence electrons. The third-order valence-electron chi connectivity index (χ3n) is 3.49. The molecule has 2 rings (SSSR count). The maximum atomic E-state index is 12.8. The summed E-state index contributed by atoms with van der Waals surface area (Å²) in [6.45, 7) is 3.66. The molecule has 0 saturated carbocycles. The molecule has 0 unspecified atom stereocenters. The van der Waals surface area contributed by atoms with Gasteiger partial charge in [0.05, 0.1) is 29.9 Å². The average Bonchev–Trinajstić information content (AvgIpc) is 2.61. The topological polar surface area (TPSA) is 86.0 Å². The van der Waals surface area contributed by atoms with Crippen molar-refractivity contribution in [3.05, 3.63) is 57.6 Å². The number of hydrogen-bond acceptors (Lipinski definition) is 6. The van der Waals surface area contributed by atoms with E-state index in [0.717, 1.165) is 12.1 Å². The smallest absolute Gasteiger partial charge is 0.416 e. The molecule has 2 aromatic carbocycles. The Morgan fingerprint density at radius 2 is 1.96 bits per heavy atom. The molecule has 0 spiro atoms. The van der Waals surface area contributed by atoms with Gasteiger partial charge >= 0.3 is 6.18 Å². The molecular formula is C18H18F3N3O4. The Labute approximate surface area is 158 Å². The van der Waals surface area contributed by atoms with Gasteiger partial charge in [-0.25, -0.2) is 0 Å². The first-order valence-corrected chi connectivity index (χ1v) is 8.12. The normalized spacial score (nSPS) is 11.7. The Morgan fingerprint density at radius 3 is 2.54 bits per heavy atom. The van der Waals surface area contributed by atoms with Crippen LogP contribution in [0.5, 0.6) is 11.5 Å². The van der Waals surface area contributed by atoms with Gasteiger partial charge < -0.3 is 9.47 Å². The van der Waals surface area contributed by atoms with Crippen LogP contribution in [0, 0.1) is 10.1 Å². The van der Waals surface area contributed by atoms with E-state index in [1.807, 2.05) is 13.8 Å². The maximum absolute atomic E-state index is 12.8. The lowest BCUT2D eigenvalue weighted by atomic mass is 10.1. The molecule has 0 atom stereocenters. The fourth-order valence-electron chi connectivity index (χ4n) is 2.28. The predicted molar refractivity (Wildman–Crippen MR) is 98.1 cm³/mol. The van der Waals surface area contributed by atoms with Gasteiger partial charge in [0.25, 0.3) is 5.69 Å². The lowest BCUT2D eigenvalue weighted by molar-refractivity contribution is -0.384. The zero-order chi connectivity index (χ0) is 20.9. The molecule has 0 aliphatic rings. The van der Waals surface area contributed by atoms with Gasteiger partial charge in [-0.3, -0.25) is 15.5 Å². The first-order valence-electron chi connectivity index (χ1n) is 8.12. The van der Waals surface area contributed by atoms with Gasteiger partial charge in [-0.15, -0.1) is 0 Å². The minimum Gasteiger partial charge on any atom is -0.493 e. The lowest BCUT2D eigenvalue weighted by Crippen LogP contribution is -2.09. The van der Waals surface area contributed by atoms with Crippen LogP contribution in [-0.2, 0) is 6.18 Å². The highest BCUT2D eigenvalue weighted by Crippen LogP contribution is 2.35. The second-order valence-corrected chi connectivity index (χ2v) is 5.90. The summed E-state index contributed by atoms with van der Waals surface area (Å²) in [5, 5.41) is 15.0. The number of halogens is 3. The molecule has 0 saturated heterocycles. The molecular weight excluding hydrogens is 379 g/mol. The molecule has 0 heterocycles. The fourth-order valence-corrected chi connectivity index (χ4v) is 2.28. The van der Waals surface area contributed by atoms with Crippen LogP contribution in [0.2, 0.25) is 0 Å². The van der Waals surface area contributed by atoms with E-state index in [1.54, 1.807) is 18.2 Å². The molecule has 10 heteroatoms. The number of hydrogen-bond donors (Lipinski definition) is 1. The number of benzene rings is 2. The van der Waals surface area contributed by atoms with Crippen LogP contribution in [0.25, 0.3) is 0 Å². The van der Waals surface area contributed by atoms with Crippen molar-refractivity contribution >= 4 is 17.6 Å². The second-order valence-electron chi connectivity index (χ2n) is 5.90. The summed E-state index contributed by atoms with van der Waals surface area (Å²) in [6.07, 6.45) is -3.50. The van der Waals surface area contributed by atoms with E-state index < -0.39 is 22.4 Å². The van der Waals surface area contributed by atoms with Gasteiger partial charge in [-0.2, -0.15) is 18.3 Å². The number of nitro groups is 1. The second kappa shape index (κ2) is 8.59. The summed E-state index contributed by atoms with van der Waals surface area (Å²) in [5.41, 5.74) is 0.894. The molecule has 7 nitrogen and oxygen atoms in total. The predicted octanol–water partition coefficient (Wildman–Crippen LogP) is 4.86. The Kier molecular flexibility index (Phi) is 6.45. The highest BCUT2D eigenvalue weighted by Gasteiger charge is 2.33. The summed E-state index contributed by atoms with van der Waals surface area (Å²) >= 11 is 0. The van der Waals surface area contributed by atoms with E-state index >= 15 is 0 Å². The Bertz CT molecular complexity index is 883. The third kappa shape index (κ3) is 5.12. The summed E-state index contributed by atoms with van der Waals surface area (Å²) in [4.78, 5) is 10.2. The molecule has 0 fully saturated rings. The Morgan fingerprint density at radius 1 is 1.25 bits per heavy atom. The molecule has 0 aromatic heterocycles. The van der Waals surface area contributed by atoms with Gasteiger partial charge in [0, 0.05) is 11.6 Å². The number of methoxy groups -OCH3 is 1. The van der Waals surface area contributed by atoms with Crippen LogP contribution in [-0.4, -0.2) is 24.4 Å². The first kappa shape index (κ1) is 21.0. The van der Waals surface area contributed by atoms with Crippen LogP contribution < -0.4 is 14.9 Å². The van der Waals surface area contributed by atoms with Crippen molar-refractivity contribution in [3.63, 3.8) is 0 Å². The van der Waals surface area contributed by atoms with Crippen molar-refractivity contribution in [2.24, 2.45) is 5.10 Å². The summed E-state index contributed by atoms with van der Waals surface area (Å²) < 4.78 is 49.2. The fraction of sp³-hybridized carbons (Fsp3) is 0.278. The molecule has 0 aliphatic heterocycles. The zero-order valence-electron chi connectivity index (χ0n) is 15.3. The number of nitro benzene ring substituents is 1. The molecule has 0 amide bonds. The van der Waals surface area contributed by atoms with Gasteiger partial charge in [0.1, 0.15) is 5.69 Å². The van der Waals surface area contributed by atoms with Crippen molar-refractivity contribution in [3.8, 4) is 11.5 Å². The van der Waals surface area contributed by atoms with Gasteiger partial charge in [-0.1, -0.05) is 6.07 Å². The summed E-state index contributed by atoms with van der Waals surface area (Å²) in [5.74, 6) is 0.894. The highest BCUT2D eigenvalue weighted by atomic mass is 19.4. The number of anilines is 1. The summed E-state index contributed by atoms with van der Waals surface area (Å²) in [7, 11) is 1.48. The van der Waals surface area contributed by atoms with Gasteiger partial charge in [-0.05, 0) is 38.1 Å².